The number of nitrogens with one attached hydrogen (secondary N) is 2. The average Bonchev–Trinajstić information content (AvgIpc) is 2.99. The van der Waals surface area contributed by atoms with E-state index < -0.39 is 0 Å². The van der Waals surface area contributed by atoms with E-state index in [0.29, 0.717) is 0 Å². The van der Waals surface area contributed by atoms with Crippen LogP contribution >= 0.6 is 11.3 Å². The fourth-order valence-corrected chi connectivity index (χ4v) is 2.85. The smallest absolute Gasteiger partial charge is 0.190 e. The summed E-state index contributed by atoms with van der Waals surface area (Å²) in [7, 11) is 3.47. The number of thiazole rings is 1. The van der Waals surface area contributed by atoms with Crippen molar-refractivity contribution in [1.29, 1.82) is 0 Å². The Morgan fingerprint density at radius 2 is 2.04 bits per heavy atom. The van der Waals surface area contributed by atoms with E-state index in [1.54, 1.807) is 25.5 Å². The van der Waals surface area contributed by atoms with Crippen molar-refractivity contribution >= 4 is 17.3 Å². The SMILES string of the molecule is CN=C(NCCc1cccc(OC)c1)NCCc1csc(C)n1. The van der Waals surface area contributed by atoms with E-state index in [4.69, 9.17) is 4.74 Å². The quantitative estimate of drug-likeness (QED) is 0.604. The van der Waals surface area contributed by atoms with Gasteiger partial charge >= 0.3 is 0 Å². The zero-order valence-electron chi connectivity index (χ0n) is 13.9. The maximum atomic E-state index is 5.24. The first kappa shape index (κ1) is 17.3. The molecule has 2 aromatic rings. The average molecular weight is 332 g/mol. The first-order valence-electron chi connectivity index (χ1n) is 7.69. The number of hydrogen-bond acceptors (Lipinski definition) is 4. The highest BCUT2D eigenvalue weighted by molar-refractivity contribution is 7.09. The second-order valence-electron chi connectivity index (χ2n) is 5.14. The summed E-state index contributed by atoms with van der Waals surface area (Å²) in [4.78, 5) is 8.70. The number of benzene rings is 1. The van der Waals surface area contributed by atoms with Gasteiger partial charge in [0.15, 0.2) is 5.96 Å². The van der Waals surface area contributed by atoms with Gasteiger partial charge in [-0.2, -0.15) is 0 Å². The van der Waals surface area contributed by atoms with Gasteiger partial charge in [-0.05, 0) is 31.0 Å². The van der Waals surface area contributed by atoms with Gasteiger partial charge in [-0.15, -0.1) is 11.3 Å². The third-order valence-corrected chi connectivity index (χ3v) is 4.23. The van der Waals surface area contributed by atoms with E-state index in [1.165, 1.54) is 5.56 Å². The van der Waals surface area contributed by atoms with Crippen LogP contribution in [-0.2, 0) is 12.8 Å². The van der Waals surface area contributed by atoms with Crippen molar-refractivity contribution in [2.75, 3.05) is 27.2 Å². The summed E-state index contributed by atoms with van der Waals surface area (Å²) in [6, 6.07) is 8.13. The molecule has 6 heteroatoms. The Hall–Kier alpha value is -2.08. The minimum Gasteiger partial charge on any atom is -0.497 e. The maximum Gasteiger partial charge on any atom is 0.190 e. The fraction of sp³-hybridized carbons (Fsp3) is 0.412. The minimum atomic E-state index is 0.819. The summed E-state index contributed by atoms with van der Waals surface area (Å²) >= 11 is 1.69. The Balaban J connectivity index is 1.70. The van der Waals surface area contributed by atoms with Gasteiger partial charge in [-0.3, -0.25) is 4.99 Å². The zero-order valence-corrected chi connectivity index (χ0v) is 14.7. The molecule has 0 bridgehead atoms. The van der Waals surface area contributed by atoms with Gasteiger partial charge in [0.1, 0.15) is 5.75 Å². The number of aliphatic imine (C=N–C) groups is 1. The highest BCUT2D eigenvalue weighted by atomic mass is 32.1. The summed E-state index contributed by atoms with van der Waals surface area (Å²) < 4.78 is 5.24. The van der Waals surface area contributed by atoms with Crippen LogP contribution in [0.4, 0.5) is 0 Å². The molecule has 0 unspecified atom stereocenters. The first-order chi connectivity index (χ1) is 11.2. The van der Waals surface area contributed by atoms with Crippen LogP contribution in [0.1, 0.15) is 16.3 Å². The molecule has 23 heavy (non-hydrogen) atoms. The summed E-state index contributed by atoms with van der Waals surface area (Å²) in [6.45, 7) is 3.67. The molecule has 0 aliphatic rings. The van der Waals surface area contributed by atoms with Gasteiger partial charge in [0, 0.05) is 31.9 Å². The number of guanidine groups is 1. The van der Waals surface area contributed by atoms with Gasteiger partial charge in [-0.25, -0.2) is 4.98 Å². The Bertz CT molecular complexity index is 639. The van der Waals surface area contributed by atoms with Crippen LogP contribution in [0.25, 0.3) is 0 Å². The molecular weight excluding hydrogens is 308 g/mol. The van der Waals surface area contributed by atoms with Gasteiger partial charge < -0.3 is 15.4 Å². The number of rotatable bonds is 7. The second kappa shape index (κ2) is 9.15. The molecule has 0 radical (unpaired) electrons. The molecule has 0 atom stereocenters. The van der Waals surface area contributed by atoms with E-state index in [0.717, 1.165) is 48.3 Å². The molecule has 0 aliphatic carbocycles. The number of aryl methyl sites for hydroxylation is 1. The molecule has 0 spiro atoms. The van der Waals surface area contributed by atoms with Gasteiger partial charge in [-0.1, -0.05) is 12.1 Å². The largest absolute Gasteiger partial charge is 0.497 e. The van der Waals surface area contributed by atoms with Crippen molar-refractivity contribution < 1.29 is 4.74 Å². The molecule has 0 saturated heterocycles. The Morgan fingerprint density at radius 3 is 2.70 bits per heavy atom. The molecule has 0 fully saturated rings. The number of hydrogen-bond donors (Lipinski definition) is 2. The van der Waals surface area contributed by atoms with E-state index in [1.807, 2.05) is 19.1 Å². The normalized spacial score (nSPS) is 11.3. The molecular formula is C17H24N4OS. The number of nitrogens with zero attached hydrogens (tertiary/aromatic N) is 2. The van der Waals surface area contributed by atoms with Gasteiger partial charge in [0.2, 0.25) is 0 Å². The van der Waals surface area contributed by atoms with Gasteiger partial charge in [0.25, 0.3) is 0 Å². The molecule has 124 valence electrons. The van der Waals surface area contributed by atoms with Crippen LogP contribution in [0.2, 0.25) is 0 Å². The van der Waals surface area contributed by atoms with Crippen molar-refractivity contribution in [3.8, 4) is 5.75 Å². The Labute approximate surface area is 141 Å². The molecule has 1 aromatic carbocycles. The minimum absolute atomic E-state index is 0.819. The van der Waals surface area contributed by atoms with E-state index in [2.05, 4.69) is 38.1 Å². The van der Waals surface area contributed by atoms with Crippen LogP contribution in [0.3, 0.4) is 0 Å². The highest BCUT2D eigenvalue weighted by Gasteiger charge is 2.01. The lowest BCUT2D eigenvalue weighted by atomic mass is 10.1. The van der Waals surface area contributed by atoms with Crippen molar-refractivity contribution in [2.24, 2.45) is 4.99 Å². The Morgan fingerprint density at radius 1 is 1.26 bits per heavy atom. The molecule has 1 aromatic heterocycles. The second-order valence-corrected chi connectivity index (χ2v) is 6.20. The lowest BCUT2D eigenvalue weighted by molar-refractivity contribution is 0.414. The summed E-state index contributed by atoms with van der Waals surface area (Å²) in [5, 5.41) is 9.86. The summed E-state index contributed by atoms with van der Waals surface area (Å²) in [5.74, 6) is 1.71. The monoisotopic (exact) mass is 332 g/mol. The van der Waals surface area contributed by atoms with E-state index >= 15 is 0 Å². The van der Waals surface area contributed by atoms with Gasteiger partial charge in [0.05, 0.1) is 17.8 Å². The standard InChI is InChI=1S/C17H24N4OS/c1-13-21-15(12-23-13)8-10-20-17(18-2)19-9-7-14-5-4-6-16(11-14)22-3/h4-6,11-12H,7-10H2,1-3H3,(H2,18,19,20). The fourth-order valence-electron chi connectivity index (χ4n) is 2.21. The van der Waals surface area contributed by atoms with Crippen LogP contribution in [0.15, 0.2) is 34.6 Å². The molecule has 0 saturated carbocycles. The molecule has 0 amide bonds. The lowest BCUT2D eigenvalue weighted by Gasteiger charge is -2.11. The van der Waals surface area contributed by atoms with Crippen molar-refractivity contribution in [1.82, 2.24) is 15.6 Å². The number of ether oxygens (including phenoxy) is 1. The van der Waals surface area contributed by atoms with Crippen LogP contribution in [-0.4, -0.2) is 38.2 Å². The molecule has 2 N–H and O–H groups in total. The number of methoxy groups -OCH3 is 1. The Kier molecular flexibility index (Phi) is 6.87. The molecule has 0 aliphatic heterocycles. The molecule has 1 heterocycles. The summed E-state index contributed by atoms with van der Waals surface area (Å²) in [5.41, 5.74) is 2.37. The van der Waals surface area contributed by atoms with Crippen LogP contribution < -0.4 is 15.4 Å². The number of aromatic nitrogens is 1. The molecule has 5 nitrogen and oxygen atoms in total. The molecule has 2 rings (SSSR count). The first-order valence-corrected chi connectivity index (χ1v) is 8.57. The highest BCUT2D eigenvalue weighted by Crippen LogP contribution is 2.12. The summed E-state index contributed by atoms with van der Waals surface area (Å²) in [6.07, 6.45) is 1.82. The van der Waals surface area contributed by atoms with E-state index in [-0.39, 0.29) is 0 Å². The third-order valence-electron chi connectivity index (χ3n) is 3.40. The van der Waals surface area contributed by atoms with E-state index in [9.17, 15) is 0 Å². The maximum absolute atomic E-state index is 5.24. The topological polar surface area (TPSA) is 58.5 Å². The van der Waals surface area contributed by atoms with Crippen LogP contribution in [0, 0.1) is 6.92 Å². The van der Waals surface area contributed by atoms with Crippen LogP contribution in [0.5, 0.6) is 5.75 Å². The zero-order chi connectivity index (χ0) is 16.5. The third kappa shape index (κ3) is 5.90. The lowest BCUT2D eigenvalue weighted by Crippen LogP contribution is -2.39. The predicted octanol–water partition coefficient (Wildman–Crippen LogP) is 2.41. The van der Waals surface area contributed by atoms with Crippen molar-refractivity contribution in [2.45, 2.75) is 19.8 Å². The van der Waals surface area contributed by atoms with Crippen molar-refractivity contribution in [3.63, 3.8) is 0 Å². The van der Waals surface area contributed by atoms with Crippen molar-refractivity contribution in [3.05, 3.63) is 45.9 Å². The predicted molar refractivity (Wildman–Crippen MR) is 96.6 cm³/mol.